The minimum atomic E-state index is -0.0683. The van der Waals surface area contributed by atoms with E-state index in [4.69, 9.17) is 4.98 Å². The van der Waals surface area contributed by atoms with Gasteiger partial charge in [-0.15, -0.1) is 0 Å². The molecule has 150 valence electrons. The molecule has 2 aromatic carbocycles. The van der Waals surface area contributed by atoms with Gasteiger partial charge in [-0.05, 0) is 50.0 Å². The SMILES string of the molecule is O=c1cc(CN2CCCCC2)nc(-c2ccccc2O)n1CCc1ccccc1. The van der Waals surface area contributed by atoms with Gasteiger partial charge in [0.2, 0.25) is 0 Å². The quantitative estimate of drug-likeness (QED) is 0.696. The van der Waals surface area contributed by atoms with Gasteiger partial charge in [-0.2, -0.15) is 0 Å². The van der Waals surface area contributed by atoms with Gasteiger partial charge >= 0.3 is 0 Å². The number of hydrogen-bond donors (Lipinski definition) is 1. The van der Waals surface area contributed by atoms with Crippen molar-refractivity contribution in [1.82, 2.24) is 14.5 Å². The summed E-state index contributed by atoms with van der Waals surface area (Å²) in [5, 5.41) is 10.4. The van der Waals surface area contributed by atoms with Crippen LogP contribution in [-0.2, 0) is 19.5 Å². The highest BCUT2D eigenvalue weighted by Gasteiger charge is 2.17. The van der Waals surface area contributed by atoms with Crippen molar-refractivity contribution in [2.45, 2.75) is 38.8 Å². The second kappa shape index (κ2) is 9.05. The molecule has 1 fully saturated rings. The van der Waals surface area contributed by atoms with Crippen LogP contribution in [0.1, 0.15) is 30.5 Å². The third-order valence-corrected chi connectivity index (χ3v) is 5.51. The summed E-state index contributed by atoms with van der Waals surface area (Å²) >= 11 is 0. The first-order chi connectivity index (χ1) is 14.2. The van der Waals surface area contributed by atoms with Crippen molar-refractivity contribution in [3.63, 3.8) is 0 Å². The normalized spacial score (nSPS) is 14.8. The molecule has 0 unspecified atom stereocenters. The molecule has 29 heavy (non-hydrogen) atoms. The number of phenolic OH excluding ortho intramolecular Hbond substituents is 1. The zero-order chi connectivity index (χ0) is 20.1. The van der Waals surface area contributed by atoms with E-state index in [1.54, 1.807) is 22.8 Å². The van der Waals surface area contributed by atoms with E-state index in [1.807, 2.05) is 30.3 Å². The molecule has 0 aliphatic carbocycles. The van der Waals surface area contributed by atoms with E-state index in [1.165, 1.54) is 24.8 Å². The molecule has 0 spiro atoms. The largest absolute Gasteiger partial charge is 0.507 e. The summed E-state index contributed by atoms with van der Waals surface area (Å²) in [5.74, 6) is 0.682. The van der Waals surface area contributed by atoms with Crippen LogP contribution in [0, 0.1) is 0 Å². The van der Waals surface area contributed by atoms with Crippen LogP contribution < -0.4 is 5.56 Å². The van der Waals surface area contributed by atoms with Gasteiger partial charge in [-0.25, -0.2) is 4.98 Å². The molecule has 2 heterocycles. The van der Waals surface area contributed by atoms with Crippen molar-refractivity contribution in [3.05, 3.63) is 82.3 Å². The monoisotopic (exact) mass is 389 g/mol. The summed E-state index contributed by atoms with van der Waals surface area (Å²) in [4.78, 5) is 20.2. The summed E-state index contributed by atoms with van der Waals surface area (Å²) < 4.78 is 1.68. The lowest BCUT2D eigenvalue weighted by molar-refractivity contribution is 0.218. The van der Waals surface area contributed by atoms with E-state index in [9.17, 15) is 9.90 Å². The first-order valence-electron chi connectivity index (χ1n) is 10.4. The lowest BCUT2D eigenvalue weighted by Crippen LogP contribution is -2.31. The number of benzene rings is 2. The van der Waals surface area contributed by atoms with Crippen molar-refractivity contribution in [2.75, 3.05) is 13.1 Å². The molecular weight excluding hydrogens is 362 g/mol. The number of hydrogen-bond acceptors (Lipinski definition) is 4. The summed E-state index contributed by atoms with van der Waals surface area (Å²) in [6, 6.07) is 18.9. The molecule has 4 rings (SSSR count). The second-order valence-corrected chi connectivity index (χ2v) is 7.65. The Bertz CT molecular complexity index is 1010. The number of nitrogens with zero attached hydrogens (tertiary/aromatic N) is 3. The molecule has 1 saturated heterocycles. The summed E-state index contributed by atoms with van der Waals surface area (Å²) in [6.45, 7) is 3.29. The van der Waals surface area contributed by atoms with Gasteiger partial charge in [0.05, 0.1) is 11.3 Å². The zero-order valence-electron chi connectivity index (χ0n) is 16.6. The fourth-order valence-electron chi connectivity index (χ4n) is 3.95. The number of likely N-dealkylation sites (tertiary alicyclic amines) is 1. The topological polar surface area (TPSA) is 58.4 Å². The maximum atomic E-state index is 13.0. The molecule has 3 aromatic rings. The Kier molecular flexibility index (Phi) is 6.06. The first kappa shape index (κ1) is 19.4. The van der Waals surface area contributed by atoms with E-state index in [0.29, 0.717) is 24.5 Å². The van der Waals surface area contributed by atoms with Gasteiger partial charge in [0.15, 0.2) is 0 Å². The van der Waals surface area contributed by atoms with Crippen molar-refractivity contribution in [2.24, 2.45) is 0 Å². The second-order valence-electron chi connectivity index (χ2n) is 7.65. The number of para-hydroxylation sites is 1. The van der Waals surface area contributed by atoms with Crippen LogP contribution in [0.25, 0.3) is 11.4 Å². The third-order valence-electron chi connectivity index (χ3n) is 5.51. The molecule has 5 nitrogen and oxygen atoms in total. The molecule has 1 aliphatic rings. The standard InChI is InChI=1S/C24H27N3O2/c28-22-12-6-5-11-21(22)24-25-20(18-26-14-7-2-8-15-26)17-23(29)27(24)16-13-19-9-3-1-4-10-19/h1,3-6,9-12,17,28H,2,7-8,13-16,18H2. The molecule has 0 amide bonds. The average molecular weight is 389 g/mol. The average Bonchev–Trinajstić information content (AvgIpc) is 2.74. The third kappa shape index (κ3) is 4.74. The van der Waals surface area contributed by atoms with Gasteiger partial charge < -0.3 is 5.11 Å². The Morgan fingerprint density at radius 1 is 0.931 bits per heavy atom. The lowest BCUT2D eigenvalue weighted by atomic mass is 10.1. The van der Waals surface area contributed by atoms with Gasteiger partial charge in [-0.1, -0.05) is 48.9 Å². The van der Waals surface area contributed by atoms with Crippen LogP contribution in [0.4, 0.5) is 0 Å². The Balaban J connectivity index is 1.69. The number of aromatic nitrogens is 2. The van der Waals surface area contributed by atoms with Crippen molar-refractivity contribution in [3.8, 4) is 17.1 Å². The van der Waals surface area contributed by atoms with Gasteiger partial charge in [-0.3, -0.25) is 14.3 Å². The number of aromatic hydroxyl groups is 1. The van der Waals surface area contributed by atoms with Gasteiger partial charge in [0, 0.05) is 19.2 Å². The predicted molar refractivity (Wildman–Crippen MR) is 115 cm³/mol. The Labute approximate surface area is 171 Å². The van der Waals surface area contributed by atoms with Crippen LogP contribution in [0.15, 0.2) is 65.5 Å². The molecule has 5 heteroatoms. The summed E-state index contributed by atoms with van der Waals surface area (Å²) in [5.41, 5.74) is 2.46. The van der Waals surface area contributed by atoms with E-state index in [0.717, 1.165) is 25.2 Å². The zero-order valence-corrected chi connectivity index (χ0v) is 16.6. The van der Waals surface area contributed by atoms with Crippen LogP contribution in [0.2, 0.25) is 0 Å². The molecule has 0 radical (unpaired) electrons. The van der Waals surface area contributed by atoms with Gasteiger partial charge in [0.1, 0.15) is 11.6 Å². The van der Waals surface area contributed by atoms with E-state index in [2.05, 4.69) is 17.0 Å². The van der Waals surface area contributed by atoms with Crippen molar-refractivity contribution >= 4 is 0 Å². The van der Waals surface area contributed by atoms with Crippen LogP contribution in [0.5, 0.6) is 5.75 Å². The summed E-state index contributed by atoms with van der Waals surface area (Å²) in [7, 11) is 0. The maximum absolute atomic E-state index is 13.0. The fourth-order valence-corrected chi connectivity index (χ4v) is 3.95. The van der Waals surface area contributed by atoms with Crippen molar-refractivity contribution in [1.29, 1.82) is 0 Å². The highest BCUT2D eigenvalue weighted by molar-refractivity contribution is 5.63. The molecule has 1 aliphatic heterocycles. The highest BCUT2D eigenvalue weighted by atomic mass is 16.3. The Hall–Kier alpha value is -2.92. The minimum absolute atomic E-state index is 0.0683. The minimum Gasteiger partial charge on any atom is -0.507 e. The number of phenols is 1. The number of rotatable bonds is 6. The first-order valence-corrected chi connectivity index (χ1v) is 10.4. The highest BCUT2D eigenvalue weighted by Crippen LogP contribution is 2.27. The molecular formula is C24H27N3O2. The van der Waals surface area contributed by atoms with E-state index < -0.39 is 0 Å². The Morgan fingerprint density at radius 2 is 1.66 bits per heavy atom. The van der Waals surface area contributed by atoms with E-state index >= 15 is 0 Å². The summed E-state index contributed by atoms with van der Waals surface area (Å²) in [6.07, 6.45) is 4.39. The Morgan fingerprint density at radius 3 is 2.41 bits per heavy atom. The van der Waals surface area contributed by atoms with Crippen LogP contribution in [-0.4, -0.2) is 32.6 Å². The maximum Gasteiger partial charge on any atom is 0.254 e. The molecule has 0 atom stereocenters. The van der Waals surface area contributed by atoms with Crippen LogP contribution >= 0.6 is 0 Å². The fraction of sp³-hybridized carbons (Fsp3) is 0.333. The van der Waals surface area contributed by atoms with Gasteiger partial charge in [0.25, 0.3) is 5.56 Å². The van der Waals surface area contributed by atoms with E-state index in [-0.39, 0.29) is 11.3 Å². The predicted octanol–water partition coefficient (Wildman–Crippen LogP) is 3.84. The molecule has 0 saturated carbocycles. The lowest BCUT2D eigenvalue weighted by Gasteiger charge is -2.26. The molecule has 0 bridgehead atoms. The molecule has 1 N–H and O–H groups in total. The van der Waals surface area contributed by atoms with Crippen molar-refractivity contribution < 1.29 is 5.11 Å². The number of piperidine rings is 1. The number of aryl methyl sites for hydroxylation is 1. The van der Waals surface area contributed by atoms with Crippen LogP contribution in [0.3, 0.4) is 0 Å². The molecule has 1 aromatic heterocycles. The smallest absolute Gasteiger partial charge is 0.254 e.